The van der Waals surface area contributed by atoms with Gasteiger partial charge in [0, 0.05) is 45.7 Å². The maximum absolute atomic E-state index is 2.76. The molecule has 3 aliphatic rings. The van der Waals surface area contributed by atoms with Gasteiger partial charge in [0.15, 0.2) is 0 Å². The van der Waals surface area contributed by atoms with Crippen molar-refractivity contribution in [2.45, 2.75) is 40.0 Å². The van der Waals surface area contributed by atoms with Crippen molar-refractivity contribution >= 4 is 0 Å². The molecule has 1 spiro atoms. The number of nitrogens with zero attached hydrogens (tertiary/aromatic N) is 4. The summed E-state index contributed by atoms with van der Waals surface area (Å²) in [5.74, 6) is 0.956. The normalized spacial score (nSPS) is 27.0. The molecule has 3 aliphatic heterocycles. The summed E-state index contributed by atoms with van der Waals surface area (Å²) in [6.45, 7) is 16.8. The molecule has 0 radical (unpaired) electrons. The van der Waals surface area contributed by atoms with E-state index >= 15 is 0 Å². The van der Waals surface area contributed by atoms with Crippen LogP contribution in [-0.4, -0.2) is 86.3 Å². The van der Waals surface area contributed by atoms with Crippen molar-refractivity contribution in [3.63, 3.8) is 0 Å². The van der Waals surface area contributed by atoms with E-state index in [2.05, 4.69) is 40.8 Å². The Morgan fingerprint density at radius 1 is 0.955 bits per heavy atom. The van der Waals surface area contributed by atoms with Gasteiger partial charge >= 0.3 is 0 Å². The summed E-state index contributed by atoms with van der Waals surface area (Å²) in [4.78, 5) is 5.36. The van der Waals surface area contributed by atoms with E-state index < -0.39 is 0 Å². The van der Waals surface area contributed by atoms with Crippen LogP contribution in [0, 0.1) is 11.3 Å². The van der Waals surface area contributed by atoms with Crippen LogP contribution in [0.3, 0.4) is 0 Å². The minimum Gasteiger partial charge on any atom is -0.304 e. The van der Waals surface area contributed by atoms with Gasteiger partial charge in [-0.05, 0) is 51.4 Å². The molecular formula is C18H38N4. The molecule has 0 bridgehead atoms. The average molecular weight is 311 g/mol. The Hall–Kier alpha value is -0.160. The number of hydrazine groups is 1. The van der Waals surface area contributed by atoms with Gasteiger partial charge in [-0.25, -0.2) is 10.0 Å². The van der Waals surface area contributed by atoms with Crippen molar-refractivity contribution in [1.82, 2.24) is 19.8 Å². The zero-order chi connectivity index (χ0) is 16.2. The Balaban J connectivity index is 0.000000847. The van der Waals surface area contributed by atoms with Crippen LogP contribution < -0.4 is 0 Å². The molecule has 3 fully saturated rings. The van der Waals surface area contributed by atoms with E-state index in [0.717, 1.165) is 5.92 Å². The summed E-state index contributed by atoms with van der Waals surface area (Å²) >= 11 is 0. The lowest BCUT2D eigenvalue weighted by Crippen LogP contribution is -2.61. The van der Waals surface area contributed by atoms with Crippen LogP contribution in [0.25, 0.3) is 0 Å². The third kappa shape index (κ3) is 4.22. The van der Waals surface area contributed by atoms with Crippen molar-refractivity contribution in [2.75, 3.05) is 66.5 Å². The highest BCUT2D eigenvalue weighted by Gasteiger charge is 2.48. The molecule has 3 heterocycles. The monoisotopic (exact) mass is 310 g/mol. The number of piperidine rings is 1. The van der Waals surface area contributed by atoms with E-state index in [1.165, 1.54) is 71.6 Å². The lowest BCUT2D eigenvalue weighted by atomic mass is 9.80. The summed E-state index contributed by atoms with van der Waals surface area (Å²) in [6, 6.07) is 0. The van der Waals surface area contributed by atoms with Crippen LogP contribution in [0.5, 0.6) is 0 Å². The topological polar surface area (TPSA) is 13.0 Å². The molecular weight excluding hydrogens is 272 g/mol. The van der Waals surface area contributed by atoms with Crippen molar-refractivity contribution < 1.29 is 0 Å². The highest BCUT2D eigenvalue weighted by atomic mass is 15.6. The first-order valence-electron chi connectivity index (χ1n) is 9.47. The van der Waals surface area contributed by atoms with Gasteiger partial charge in [0.2, 0.25) is 0 Å². The fraction of sp³-hybridized carbons (Fsp3) is 1.00. The molecule has 0 N–H and O–H groups in total. The molecule has 0 aromatic carbocycles. The smallest absolute Gasteiger partial charge is 0.0215 e. The molecule has 0 unspecified atom stereocenters. The largest absolute Gasteiger partial charge is 0.304 e. The van der Waals surface area contributed by atoms with Gasteiger partial charge in [-0.3, -0.25) is 0 Å². The Morgan fingerprint density at radius 3 is 2.14 bits per heavy atom. The van der Waals surface area contributed by atoms with Gasteiger partial charge in [-0.2, -0.15) is 0 Å². The van der Waals surface area contributed by atoms with Gasteiger partial charge < -0.3 is 9.80 Å². The first kappa shape index (κ1) is 18.2. The predicted octanol–water partition coefficient (Wildman–Crippen LogP) is 2.23. The number of rotatable bonds is 4. The zero-order valence-corrected chi connectivity index (χ0v) is 15.6. The predicted molar refractivity (Wildman–Crippen MR) is 94.9 cm³/mol. The van der Waals surface area contributed by atoms with E-state index in [1.54, 1.807) is 0 Å². The van der Waals surface area contributed by atoms with E-state index in [1.807, 2.05) is 13.8 Å². The maximum atomic E-state index is 2.76. The van der Waals surface area contributed by atoms with E-state index in [9.17, 15) is 0 Å². The second kappa shape index (κ2) is 8.09. The molecule has 0 aromatic heterocycles. The molecule has 4 heteroatoms. The highest BCUT2D eigenvalue weighted by Crippen LogP contribution is 2.40. The molecule has 0 aliphatic carbocycles. The van der Waals surface area contributed by atoms with Gasteiger partial charge in [0.1, 0.15) is 0 Å². The molecule has 22 heavy (non-hydrogen) atoms. The second-order valence-corrected chi connectivity index (χ2v) is 7.53. The Bertz CT molecular complexity index is 317. The van der Waals surface area contributed by atoms with Crippen LogP contribution in [0.1, 0.15) is 40.0 Å². The summed E-state index contributed by atoms with van der Waals surface area (Å²) in [5.41, 5.74) is 0.633. The van der Waals surface area contributed by atoms with Crippen LogP contribution in [-0.2, 0) is 0 Å². The van der Waals surface area contributed by atoms with Gasteiger partial charge in [-0.1, -0.05) is 20.8 Å². The number of likely N-dealkylation sites (tertiary alicyclic amines) is 2. The van der Waals surface area contributed by atoms with E-state index in [-0.39, 0.29) is 0 Å². The summed E-state index contributed by atoms with van der Waals surface area (Å²) in [6.07, 6.45) is 4.26. The van der Waals surface area contributed by atoms with Crippen LogP contribution in [0.4, 0.5) is 0 Å². The molecule has 0 aromatic rings. The molecule has 0 amide bonds. The maximum Gasteiger partial charge on any atom is 0.0215 e. The number of hydrogen-bond donors (Lipinski definition) is 0. The first-order chi connectivity index (χ1) is 10.6. The molecule has 3 rings (SSSR count). The molecule has 0 atom stereocenters. The highest BCUT2D eigenvalue weighted by molar-refractivity contribution is 5.00. The molecule has 3 saturated heterocycles. The summed E-state index contributed by atoms with van der Waals surface area (Å²) in [7, 11) is 4.34. The molecule has 4 nitrogen and oxygen atoms in total. The van der Waals surface area contributed by atoms with Crippen molar-refractivity contribution in [3.8, 4) is 0 Å². The molecule has 0 saturated carbocycles. The summed E-state index contributed by atoms with van der Waals surface area (Å²) in [5, 5.41) is 4.73. The van der Waals surface area contributed by atoms with E-state index in [4.69, 9.17) is 0 Å². The van der Waals surface area contributed by atoms with Crippen LogP contribution in [0.2, 0.25) is 0 Å². The van der Waals surface area contributed by atoms with Crippen molar-refractivity contribution in [1.29, 1.82) is 0 Å². The lowest BCUT2D eigenvalue weighted by molar-refractivity contribution is -0.120. The van der Waals surface area contributed by atoms with Crippen LogP contribution >= 0.6 is 0 Å². The molecule has 130 valence electrons. The second-order valence-electron chi connectivity index (χ2n) is 7.53. The summed E-state index contributed by atoms with van der Waals surface area (Å²) < 4.78 is 0. The minimum absolute atomic E-state index is 0.633. The van der Waals surface area contributed by atoms with Crippen molar-refractivity contribution in [3.05, 3.63) is 0 Å². The fourth-order valence-electron chi connectivity index (χ4n) is 4.30. The van der Waals surface area contributed by atoms with E-state index in [0.29, 0.717) is 5.41 Å². The third-order valence-corrected chi connectivity index (χ3v) is 5.79. The van der Waals surface area contributed by atoms with Crippen LogP contribution in [0.15, 0.2) is 0 Å². The van der Waals surface area contributed by atoms with Gasteiger partial charge in [0.05, 0.1) is 0 Å². The van der Waals surface area contributed by atoms with Crippen molar-refractivity contribution in [2.24, 2.45) is 11.3 Å². The third-order valence-electron chi connectivity index (χ3n) is 5.79. The fourth-order valence-corrected chi connectivity index (χ4v) is 4.30. The standard InChI is InChI=1S/C16H32N4.C2H6/c1-4-18-8-5-15(6-9-18)11-19-10-7-16(12-19)13-20(14-16)17(2)3;1-2/h15H,4-14H2,1-3H3;1-2H3. The zero-order valence-electron chi connectivity index (χ0n) is 15.6. The first-order valence-corrected chi connectivity index (χ1v) is 9.47. The SMILES string of the molecule is CC.CCN1CCC(CN2CCC3(C2)CN(N(C)C)C3)CC1. The average Bonchev–Trinajstić information content (AvgIpc) is 2.93. The Kier molecular flexibility index (Phi) is 6.69. The van der Waals surface area contributed by atoms with Gasteiger partial charge in [0.25, 0.3) is 0 Å². The minimum atomic E-state index is 0.633. The number of hydrogen-bond acceptors (Lipinski definition) is 4. The Labute approximate surface area is 138 Å². The lowest BCUT2D eigenvalue weighted by Gasteiger charge is -2.50. The Morgan fingerprint density at radius 2 is 1.59 bits per heavy atom. The van der Waals surface area contributed by atoms with Gasteiger partial charge in [-0.15, -0.1) is 0 Å². The quantitative estimate of drug-likeness (QED) is 0.789.